The van der Waals surface area contributed by atoms with Crippen LogP contribution < -0.4 is 15.6 Å². The summed E-state index contributed by atoms with van der Waals surface area (Å²) >= 11 is 0. The Balaban J connectivity index is 1.85. The van der Waals surface area contributed by atoms with Crippen LogP contribution in [0, 0.1) is 5.41 Å². The molecule has 0 saturated carbocycles. The molecule has 0 radical (unpaired) electrons. The molecule has 3 aromatic rings. The van der Waals surface area contributed by atoms with Gasteiger partial charge in [-0.05, 0) is 35.4 Å². The Hall–Kier alpha value is -3.16. The standard InChI is InChI=1S/C20H19N3O3S/c21-20(22)16-7-3-5-14(11-16)13-26-17-8-4-6-15(12-17)18-9-1-2-10-19(18)27(23,24)25/h1-12H,13H2,(H3,21,22)(H2,23,24,25). The van der Waals surface area contributed by atoms with Crippen molar-refractivity contribution in [1.29, 1.82) is 5.41 Å². The molecule has 0 saturated heterocycles. The van der Waals surface area contributed by atoms with Crippen LogP contribution in [0.3, 0.4) is 0 Å². The highest BCUT2D eigenvalue weighted by atomic mass is 32.2. The van der Waals surface area contributed by atoms with Crippen LogP contribution in [-0.4, -0.2) is 14.3 Å². The smallest absolute Gasteiger partial charge is 0.238 e. The number of ether oxygens (including phenoxy) is 1. The molecule has 0 aliphatic rings. The normalized spacial score (nSPS) is 11.1. The first-order valence-electron chi connectivity index (χ1n) is 8.13. The number of sulfonamides is 1. The van der Waals surface area contributed by atoms with Crippen molar-refractivity contribution < 1.29 is 13.2 Å². The maximum absolute atomic E-state index is 11.8. The van der Waals surface area contributed by atoms with E-state index >= 15 is 0 Å². The SMILES string of the molecule is N=C(N)c1cccc(COc2cccc(-c3ccccc3S(N)(=O)=O)c2)c1. The zero-order chi connectivity index (χ0) is 19.4. The fourth-order valence-corrected chi connectivity index (χ4v) is 3.46. The van der Waals surface area contributed by atoms with Gasteiger partial charge < -0.3 is 10.5 Å². The van der Waals surface area contributed by atoms with Gasteiger partial charge in [0, 0.05) is 11.1 Å². The van der Waals surface area contributed by atoms with E-state index < -0.39 is 10.0 Å². The summed E-state index contributed by atoms with van der Waals surface area (Å²) in [5.74, 6) is 0.586. The minimum Gasteiger partial charge on any atom is -0.489 e. The second-order valence-electron chi connectivity index (χ2n) is 5.97. The Morgan fingerprint density at radius 3 is 2.44 bits per heavy atom. The minimum atomic E-state index is -3.84. The molecule has 0 atom stereocenters. The van der Waals surface area contributed by atoms with Crippen LogP contribution in [0.25, 0.3) is 11.1 Å². The summed E-state index contributed by atoms with van der Waals surface area (Å²) in [6, 6.07) is 21.0. The van der Waals surface area contributed by atoms with Crippen molar-refractivity contribution in [3.05, 3.63) is 83.9 Å². The van der Waals surface area contributed by atoms with Gasteiger partial charge in [-0.25, -0.2) is 13.6 Å². The quantitative estimate of drug-likeness (QED) is 0.449. The number of benzene rings is 3. The monoisotopic (exact) mass is 381 g/mol. The predicted octanol–water partition coefficient (Wildman–Crippen LogP) is 2.86. The first-order chi connectivity index (χ1) is 12.8. The van der Waals surface area contributed by atoms with Gasteiger partial charge in [-0.15, -0.1) is 0 Å². The largest absolute Gasteiger partial charge is 0.489 e. The van der Waals surface area contributed by atoms with Crippen LogP contribution in [0.2, 0.25) is 0 Å². The number of primary sulfonamides is 1. The van der Waals surface area contributed by atoms with E-state index in [1.165, 1.54) is 6.07 Å². The lowest BCUT2D eigenvalue weighted by Crippen LogP contribution is -2.13. The van der Waals surface area contributed by atoms with E-state index in [9.17, 15) is 8.42 Å². The zero-order valence-electron chi connectivity index (χ0n) is 14.4. The summed E-state index contributed by atoms with van der Waals surface area (Å²) < 4.78 is 29.5. The second kappa shape index (κ2) is 7.61. The molecular weight excluding hydrogens is 362 g/mol. The van der Waals surface area contributed by atoms with E-state index in [1.54, 1.807) is 54.6 Å². The molecule has 0 aliphatic heterocycles. The summed E-state index contributed by atoms with van der Waals surface area (Å²) in [6.07, 6.45) is 0. The van der Waals surface area contributed by atoms with Gasteiger partial charge in [0.15, 0.2) is 0 Å². The summed E-state index contributed by atoms with van der Waals surface area (Å²) in [4.78, 5) is 0.0660. The summed E-state index contributed by atoms with van der Waals surface area (Å²) in [5, 5.41) is 12.8. The maximum atomic E-state index is 11.8. The van der Waals surface area contributed by atoms with Crippen LogP contribution in [0.4, 0.5) is 0 Å². The summed E-state index contributed by atoms with van der Waals surface area (Å²) in [6.45, 7) is 0.293. The average molecular weight is 381 g/mol. The molecule has 0 unspecified atom stereocenters. The van der Waals surface area contributed by atoms with Crippen LogP contribution in [0.5, 0.6) is 5.75 Å². The molecular formula is C20H19N3O3S. The summed E-state index contributed by atoms with van der Waals surface area (Å²) in [7, 11) is -3.84. The molecule has 0 spiro atoms. The Morgan fingerprint density at radius 2 is 1.70 bits per heavy atom. The topological polar surface area (TPSA) is 119 Å². The van der Waals surface area contributed by atoms with Crippen molar-refractivity contribution >= 4 is 15.9 Å². The van der Waals surface area contributed by atoms with Gasteiger partial charge in [-0.2, -0.15) is 0 Å². The van der Waals surface area contributed by atoms with Crippen LogP contribution in [-0.2, 0) is 16.6 Å². The Morgan fingerprint density at radius 1 is 0.963 bits per heavy atom. The van der Waals surface area contributed by atoms with Gasteiger partial charge >= 0.3 is 0 Å². The highest BCUT2D eigenvalue weighted by Crippen LogP contribution is 2.29. The highest BCUT2D eigenvalue weighted by Gasteiger charge is 2.14. The Bertz CT molecular complexity index is 1090. The molecule has 6 nitrogen and oxygen atoms in total. The molecule has 0 heterocycles. The molecule has 138 valence electrons. The lowest BCUT2D eigenvalue weighted by atomic mass is 10.1. The van der Waals surface area contributed by atoms with Crippen molar-refractivity contribution in [3.63, 3.8) is 0 Å². The number of hydrogen-bond acceptors (Lipinski definition) is 4. The molecule has 3 aromatic carbocycles. The highest BCUT2D eigenvalue weighted by molar-refractivity contribution is 7.89. The van der Waals surface area contributed by atoms with Gasteiger partial charge in [-0.3, -0.25) is 5.41 Å². The minimum absolute atomic E-state index is 0.00144. The van der Waals surface area contributed by atoms with Gasteiger partial charge in [0.2, 0.25) is 10.0 Å². The van der Waals surface area contributed by atoms with Gasteiger partial charge in [0.25, 0.3) is 0 Å². The fourth-order valence-electron chi connectivity index (χ4n) is 2.70. The number of nitrogen functional groups attached to an aromatic ring is 1. The van der Waals surface area contributed by atoms with Crippen LogP contribution in [0.15, 0.2) is 77.7 Å². The first kappa shape index (κ1) is 18.6. The lowest BCUT2D eigenvalue weighted by molar-refractivity contribution is 0.306. The van der Waals surface area contributed by atoms with Crippen LogP contribution >= 0.6 is 0 Å². The summed E-state index contributed by atoms with van der Waals surface area (Å²) in [5.41, 5.74) is 8.22. The Labute approximate surface area is 158 Å². The van der Waals surface area contributed by atoms with Crippen molar-refractivity contribution in [2.75, 3.05) is 0 Å². The van der Waals surface area contributed by atoms with Crippen molar-refractivity contribution in [2.45, 2.75) is 11.5 Å². The molecule has 0 aromatic heterocycles. The van der Waals surface area contributed by atoms with E-state index in [1.807, 2.05) is 12.1 Å². The number of amidine groups is 1. The predicted molar refractivity (Wildman–Crippen MR) is 105 cm³/mol. The zero-order valence-corrected chi connectivity index (χ0v) is 15.2. The van der Waals surface area contributed by atoms with Gasteiger partial charge in [0.05, 0.1) is 4.90 Å². The number of hydrogen-bond donors (Lipinski definition) is 3. The third-order valence-corrected chi connectivity index (χ3v) is 4.95. The number of nitrogens with one attached hydrogen (secondary N) is 1. The van der Waals surface area contributed by atoms with Crippen molar-refractivity contribution in [2.24, 2.45) is 10.9 Å². The van der Waals surface area contributed by atoms with E-state index in [0.29, 0.717) is 29.0 Å². The maximum Gasteiger partial charge on any atom is 0.238 e. The lowest BCUT2D eigenvalue weighted by Gasteiger charge is -2.11. The third-order valence-electron chi connectivity index (χ3n) is 3.98. The average Bonchev–Trinajstić information content (AvgIpc) is 2.66. The van der Waals surface area contributed by atoms with Gasteiger partial charge in [0.1, 0.15) is 18.2 Å². The van der Waals surface area contributed by atoms with Crippen LogP contribution in [0.1, 0.15) is 11.1 Å². The van der Waals surface area contributed by atoms with E-state index in [4.69, 9.17) is 21.0 Å². The third kappa shape index (κ3) is 4.52. The molecule has 0 bridgehead atoms. The number of rotatable bonds is 6. The van der Waals surface area contributed by atoms with Gasteiger partial charge in [-0.1, -0.05) is 48.5 Å². The Kier molecular flexibility index (Phi) is 5.25. The van der Waals surface area contributed by atoms with E-state index in [0.717, 1.165) is 5.56 Å². The molecule has 7 heteroatoms. The van der Waals surface area contributed by atoms with E-state index in [2.05, 4.69) is 0 Å². The number of nitrogens with two attached hydrogens (primary N) is 2. The molecule has 3 rings (SSSR count). The first-order valence-corrected chi connectivity index (χ1v) is 9.67. The van der Waals surface area contributed by atoms with E-state index in [-0.39, 0.29) is 10.7 Å². The molecule has 27 heavy (non-hydrogen) atoms. The molecule has 0 fully saturated rings. The second-order valence-corrected chi connectivity index (χ2v) is 7.50. The molecule has 0 amide bonds. The van der Waals surface area contributed by atoms with Crippen molar-refractivity contribution in [3.8, 4) is 16.9 Å². The molecule has 0 aliphatic carbocycles. The fraction of sp³-hybridized carbons (Fsp3) is 0.0500. The van der Waals surface area contributed by atoms with Crippen molar-refractivity contribution in [1.82, 2.24) is 0 Å². The molecule has 5 N–H and O–H groups in total.